The first-order valence-corrected chi connectivity index (χ1v) is 8.39. The summed E-state index contributed by atoms with van der Waals surface area (Å²) in [6.45, 7) is 7.72. The van der Waals surface area contributed by atoms with Gasteiger partial charge in [-0.15, -0.1) is 0 Å². The highest BCUT2D eigenvalue weighted by atomic mass is 16.5. The van der Waals surface area contributed by atoms with Crippen LogP contribution in [0, 0.1) is 0 Å². The zero-order chi connectivity index (χ0) is 17.4. The fraction of sp³-hybridized carbons (Fsp3) is 0.350. The van der Waals surface area contributed by atoms with Gasteiger partial charge in [0.05, 0.1) is 7.11 Å². The molecule has 0 heterocycles. The largest absolute Gasteiger partial charge is 0.496 e. The third-order valence-corrected chi connectivity index (χ3v) is 4.15. The van der Waals surface area contributed by atoms with Gasteiger partial charge in [0.15, 0.2) is 0 Å². The van der Waals surface area contributed by atoms with Gasteiger partial charge in [-0.2, -0.15) is 0 Å². The van der Waals surface area contributed by atoms with Gasteiger partial charge in [0.2, 0.25) is 0 Å². The minimum absolute atomic E-state index is 0.0738. The van der Waals surface area contributed by atoms with E-state index in [1.807, 2.05) is 48.5 Å². The van der Waals surface area contributed by atoms with E-state index in [1.165, 1.54) is 5.56 Å². The van der Waals surface area contributed by atoms with Crippen LogP contribution in [0.4, 0.5) is 0 Å². The number of hydrogen-bond acceptors (Lipinski definition) is 3. The van der Waals surface area contributed by atoms with Crippen molar-refractivity contribution in [2.45, 2.75) is 26.9 Å². The molecule has 2 rings (SSSR count). The van der Waals surface area contributed by atoms with Crippen LogP contribution in [-0.2, 0) is 13.1 Å². The van der Waals surface area contributed by atoms with Crippen molar-refractivity contribution in [2.24, 2.45) is 0 Å². The van der Waals surface area contributed by atoms with E-state index in [1.54, 1.807) is 7.11 Å². The molecule has 0 unspecified atom stereocenters. The van der Waals surface area contributed by atoms with E-state index in [0.29, 0.717) is 12.1 Å². The van der Waals surface area contributed by atoms with Crippen molar-refractivity contribution in [3.8, 4) is 5.75 Å². The minimum Gasteiger partial charge on any atom is -0.496 e. The minimum atomic E-state index is -0.0738. The third-order valence-electron chi connectivity index (χ3n) is 4.15. The number of nitrogens with one attached hydrogen (secondary N) is 1. The van der Waals surface area contributed by atoms with Gasteiger partial charge >= 0.3 is 0 Å². The summed E-state index contributed by atoms with van der Waals surface area (Å²) < 4.78 is 5.30. The molecular formula is C20H26N2O2. The lowest BCUT2D eigenvalue weighted by Gasteiger charge is -2.18. The second kappa shape index (κ2) is 9.08. The van der Waals surface area contributed by atoms with Gasteiger partial charge < -0.3 is 10.1 Å². The summed E-state index contributed by atoms with van der Waals surface area (Å²) in [6.07, 6.45) is 0. The summed E-state index contributed by atoms with van der Waals surface area (Å²) in [5.41, 5.74) is 2.86. The Morgan fingerprint density at radius 2 is 1.71 bits per heavy atom. The zero-order valence-electron chi connectivity index (χ0n) is 14.7. The Kier molecular flexibility index (Phi) is 6.82. The molecule has 24 heavy (non-hydrogen) atoms. The molecule has 0 atom stereocenters. The van der Waals surface area contributed by atoms with Crippen molar-refractivity contribution in [3.05, 3.63) is 65.2 Å². The monoisotopic (exact) mass is 326 g/mol. The van der Waals surface area contributed by atoms with Crippen LogP contribution >= 0.6 is 0 Å². The van der Waals surface area contributed by atoms with Gasteiger partial charge in [0.25, 0.3) is 5.91 Å². The number of rotatable bonds is 8. The van der Waals surface area contributed by atoms with E-state index < -0.39 is 0 Å². The molecule has 4 heteroatoms. The summed E-state index contributed by atoms with van der Waals surface area (Å²) in [5, 5.41) is 2.94. The van der Waals surface area contributed by atoms with E-state index in [2.05, 4.69) is 24.1 Å². The molecule has 0 aliphatic rings. The smallest absolute Gasteiger partial charge is 0.251 e. The normalized spacial score (nSPS) is 10.7. The standard InChI is InChI=1S/C20H26N2O2/c1-4-22(5-2)15-16-10-12-17(13-11-16)20(23)21-14-18-8-6-7-9-19(18)24-3/h6-13H,4-5,14-15H2,1-3H3,(H,21,23). The maximum Gasteiger partial charge on any atom is 0.251 e. The molecule has 2 aromatic rings. The topological polar surface area (TPSA) is 41.6 Å². The SMILES string of the molecule is CCN(CC)Cc1ccc(C(=O)NCc2ccccc2OC)cc1. The Labute approximate surface area is 144 Å². The molecular weight excluding hydrogens is 300 g/mol. The molecule has 0 aromatic heterocycles. The van der Waals surface area contributed by atoms with Gasteiger partial charge in [-0.3, -0.25) is 9.69 Å². The van der Waals surface area contributed by atoms with Crippen LogP contribution in [-0.4, -0.2) is 31.0 Å². The lowest BCUT2D eigenvalue weighted by Crippen LogP contribution is -2.24. The lowest BCUT2D eigenvalue weighted by molar-refractivity contribution is 0.0950. The molecule has 2 aromatic carbocycles. The summed E-state index contributed by atoms with van der Waals surface area (Å²) in [5.74, 6) is 0.711. The second-order valence-electron chi connectivity index (χ2n) is 5.65. The van der Waals surface area contributed by atoms with Crippen molar-refractivity contribution < 1.29 is 9.53 Å². The Hall–Kier alpha value is -2.33. The highest BCUT2D eigenvalue weighted by molar-refractivity contribution is 5.94. The van der Waals surface area contributed by atoms with Crippen molar-refractivity contribution in [3.63, 3.8) is 0 Å². The molecule has 0 spiro atoms. The van der Waals surface area contributed by atoms with E-state index in [9.17, 15) is 4.79 Å². The predicted octanol–water partition coefficient (Wildman–Crippen LogP) is 3.47. The van der Waals surface area contributed by atoms with E-state index in [-0.39, 0.29) is 5.91 Å². The van der Waals surface area contributed by atoms with Gasteiger partial charge in [-0.25, -0.2) is 0 Å². The zero-order valence-corrected chi connectivity index (χ0v) is 14.7. The summed E-state index contributed by atoms with van der Waals surface area (Å²) in [7, 11) is 1.63. The van der Waals surface area contributed by atoms with Crippen LogP contribution in [0.5, 0.6) is 5.75 Å². The van der Waals surface area contributed by atoms with E-state index in [4.69, 9.17) is 4.74 Å². The van der Waals surface area contributed by atoms with Crippen molar-refractivity contribution in [1.29, 1.82) is 0 Å². The quantitative estimate of drug-likeness (QED) is 0.807. The van der Waals surface area contributed by atoms with Crippen molar-refractivity contribution >= 4 is 5.91 Å². The van der Waals surface area contributed by atoms with Crippen molar-refractivity contribution in [2.75, 3.05) is 20.2 Å². The van der Waals surface area contributed by atoms with Crippen LogP contribution in [0.1, 0.15) is 35.3 Å². The molecule has 0 radical (unpaired) electrons. The maximum atomic E-state index is 12.3. The van der Waals surface area contributed by atoms with E-state index in [0.717, 1.165) is 30.9 Å². The first-order valence-electron chi connectivity index (χ1n) is 8.39. The van der Waals surface area contributed by atoms with Gasteiger partial charge in [-0.1, -0.05) is 44.2 Å². The van der Waals surface area contributed by atoms with Gasteiger partial charge in [0, 0.05) is 24.2 Å². The third kappa shape index (κ3) is 4.83. The number of nitrogens with zero attached hydrogens (tertiary/aromatic N) is 1. The number of benzene rings is 2. The Morgan fingerprint density at radius 3 is 2.33 bits per heavy atom. The Bertz CT molecular complexity index is 649. The fourth-order valence-electron chi connectivity index (χ4n) is 2.59. The van der Waals surface area contributed by atoms with Gasteiger partial charge in [-0.05, 0) is 36.9 Å². The van der Waals surface area contributed by atoms with Crippen LogP contribution in [0.2, 0.25) is 0 Å². The molecule has 4 nitrogen and oxygen atoms in total. The number of hydrogen-bond donors (Lipinski definition) is 1. The highest BCUT2D eigenvalue weighted by Crippen LogP contribution is 2.17. The average Bonchev–Trinajstić information content (AvgIpc) is 2.64. The Morgan fingerprint density at radius 1 is 1.04 bits per heavy atom. The number of carbonyl (C=O) groups excluding carboxylic acids is 1. The molecule has 128 valence electrons. The summed E-state index contributed by atoms with van der Waals surface area (Å²) in [4.78, 5) is 14.6. The van der Waals surface area contributed by atoms with Gasteiger partial charge in [0.1, 0.15) is 5.75 Å². The first-order chi connectivity index (χ1) is 11.7. The fourth-order valence-corrected chi connectivity index (χ4v) is 2.59. The predicted molar refractivity (Wildman–Crippen MR) is 97.2 cm³/mol. The van der Waals surface area contributed by atoms with E-state index >= 15 is 0 Å². The van der Waals surface area contributed by atoms with Crippen molar-refractivity contribution in [1.82, 2.24) is 10.2 Å². The van der Waals surface area contributed by atoms with Crippen LogP contribution in [0.25, 0.3) is 0 Å². The van der Waals surface area contributed by atoms with Crippen LogP contribution in [0.15, 0.2) is 48.5 Å². The van der Waals surface area contributed by atoms with Crippen LogP contribution in [0.3, 0.4) is 0 Å². The lowest BCUT2D eigenvalue weighted by atomic mass is 10.1. The molecule has 0 saturated heterocycles. The van der Waals surface area contributed by atoms with Crippen LogP contribution < -0.4 is 10.1 Å². The second-order valence-corrected chi connectivity index (χ2v) is 5.65. The molecule has 1 N–H and O–H groups in total. The summed E-state index contributed by atoms with van der Waals surface area (Å²) in [6, 6.07) is 15.5. The Balaban J connectivity index is 1.95. The molecule has 0 aliphatic heterocycles. The summed E-state index contributed by atoms with van der Waals surface area (Å²) >= 11 is 0. The maximum absolute atomic E-state index is 12.3. The molecule has 0 saturated carbocycles. The number of amides is 1. The molecule has 0 bridgehead atoms. The number of para-hydroxylation sites is 1. The first kappa shape index (κ1) is 18.0. The number of carbonyl (C=O) groups is 1. The molecule has 0 aliphatic carbocycles. The number of methoxy groups -OCH3 is 1. The molecule has 1 amide bonds. The highest BCUT2D eigenvalue weighted by Gasteiger charge is 2.08. The average molecular weight is 326 g/mol. The number of ether oxygens (including phenoxy) is 1. The molecule has 0 fully saturated rings.